The van der Waals surface area contributed by atoms with Crippen molar-refractivity contribution < 1.29 is 9.90 Å². The number of aliphatic hydroxyl groups excluding tert-OH is 1. The van der Waals surface area contributed by atoms with Gasteiger partial charge in [-0.25, -0.2) is 4.79 Å². The molecule has 1 aliphatic carbocycles. The molecule has 1 aliphatic rings. The van der Waals surface area contributed by atoms with E-state index in [1.54, 1.807) is 6.20 Å². The van der Waals surface area contributed by atoms with Crippen LogP contribution < -0.4 is 10.6 Å². The maximum atomic E-state index is 12.5. The number of hydrogen-bond acceptors (Lipinski definition) is 3. The molecular formula is C20H25N3O2. The van der Waals surface area contributed by atoms with E-state index < -0.39 is 0 Å². The maximum Gasteiger partial charge on any atom is 0.315 e. The van der Waals surface area contributed by atoms with E-state index in [2.05, 4.69) is 21.7 Å². The van der Waals surface area contributed by atoms with Gasteiger partial charge < -0.3 is 15.7 Å². The van der Waals surface area contributed by atoms with Crippen molar-refractivity contribution in [3.05, 3.63) is 65.5 Å². The highest BCUT2D eigenvalue weighted by molar-refractivity contribution is 5.75. The van der Waals surface area contributed by atoms with Crippen LogP contribution in [-0.2, 0) is 0 Å². The van der Waals surface area contributed by atoms with Gasteiger partial charge in [0.15, 0.2) is 0 Å². The molecule has 5 nitrogen and oxygen atoms in total. The molecule has 3 rings (SSSR count). The van der Waals surface area contributed by atoms with Crippen molar-refractivity contribution in [1.29, 1.82) is 0 Å². The maximum absolute atomic E-state index is 12.5. The lowest BCUT2D eigenvalue weighted by molar-refractivity contribution is 0.117. The van der Waals surface area contributed by atoms with E-state index in [4.69, 9.17) is 0 Å². The van der Waals surface area contributed by atoms with E-state index >= 15 is 0 Å². The molecule has 5 heteroatoms. The molecule has 3 N–H and O–H groups in total. The highest BCUT2D eigenvalue weighted by atomic mass is 16.3. The zero-order chi connectivity index (χ0) is 17.6. The number of aryl methyl sites for hydroxylation is 1. The highest BCUT2D eigenvalue weighted by Crippen LogP contribution is 2.22. The molecule has 0 saturated heterocycles. The smallest absolute Gasteiger partial charge is 0.315 e. The highest BCUT2D eigenvalue weighted by Gasteiger charge is 2.23. The van der Waals surface area contributed by atoms with Gasteiger partial charge >= 0.3 is 6.03 Å². The largest absolute Gasteiger partial charge is 0.393 e. The Kier molecular flexibility index (Phi) is 5.66. The number of nitrogens with zero attached hydrogens (tertiary/aromatic N) is 1. The van der Waals surface area contributed by atoms with E-state index in [1.807, 2.05) is 43.3 Å². The van der Waals surface area contributed by atoms with Crippen molar-refractivity contribution in [2.24, 2.45) is 0 Å². The number of benzene rings is 1. The molecule has 132 valence electrons. The number of hydrogen-bond donors (Lipinski definition) is 3. The standard InChI is InChI=1S/C20H25N3O2/c1-14-5-4-6-15(13-14)19(18-7-2-3-12-21-18)23-20(25)22-16-8-10-17(24)11-9-16/h2-7,12-13,16-17,19,24H,8-11H2,1H3,(H2,22,23,25). The minimum atomic E-state index is -0.296. The van der Waals surface area contributed by atoms with Crippen LogP contribution >= 0.6 is 0 Å². The monoisotopic (exact) mass is 339 g/mol. The number of rotatable bonds is 4. The fourth-order valence-corrected chi connectivity index (χ4v) is 3.30. The van der Waals surface area contributed by atoms with Crippen LogP contribution in [0.2, 0.25) is 0 Å². The summed E-state index contributed by atoms with van der Waals surface area (Å²) in [6.07, 6.45) is 4.62. The van der Waals surface area contributed by atoms with Crippen molar-refractivity contribution in [2.75, 3.05) is 0 Å². The molecule has 1 atom stereocenters. The topological polar surface area (TPSA) is 74.2 Å². The van der Waals surface area contributed by atoms with E-state index in [0.29, 0.717) is 0 Å². The summed E-state index contributed by atoms with van der Waals surface area (Å²) in [6.45, 7) is 2.03. The summed E-state index contributed by atoms with van der Waals surface area (Å²) in [4.78, 5) is 16.9. The summed E-state index contributed by atoms with van der Waals surface area (Å²) in [5.74, 6) is 0. The quantitative estimate of drug-likeness (QED) is 0.801. The number of nitrogens with one attached hydrogen (secondary N) is 2. The summed E-state index contributed by atoms with van der Waals surface area (Å²) >= 11 is 0. The van der Waals surface area contributed by atoms with Crippen LogP contribution in [0.1, 0.15) is 48.5 Å². The first kappa shape index (κ1) is 17.4. The number of aliphatic hydroxyl groups is 1. The van der Waals surface area contributed by atoms with E-state index in [9.17, 15) is 9.90 Å². The van der Waals surface area contributed by atoms with Crippen molar-refractivity contribution >= 4 is 6.03 Å². The minimum Gasteiger partial charge on any atom is -0.393 e. The molecule has 1 unspecified atom stereocenters. The van der Waals surface area contributed by atoms with Crippen molar-refractivity contribution in [1.82, 2.24) is 15.6 Å². The van der Waals surface area contributed by atoms with Gasteiger partial charge in [0, 0.05) is 12.2 Å². The number of carbonyl (C=O) groups is 1. The van der Waals surface area contributed by atoms with Gasteiger partial charge in [-0.3, -0.25) is 4.98 Å². The average Bonchev–Trinajstić information content (AvgIpc) is 2.62. The molecule has 0 radical (unpaired) electrons. The van der Waals surface area contributed by atoms with Gasteiger partial charge in [-0.1, -0.05) is 35.9 Å². The Morgan fingerprint density at radius 2 is 1.96 bits per heavy atom. The van der Waals surface area contributed by atoms with Crippen LogP contribution in [-0.4, -0.2) is 28.3 Å². The predicted octanol–water partition coefficient (Wildman–Crippen LogP) is 3.08. The minimum absolute atomic E-state index is 0.116. The van der Waals surface area contributed by atoms with Crippen LogP contribution in [0.15, 0.2) is 48.7 Å². The summed E-state index contributed by atoms with van der Waals surface area (Å²) < 4.78 is 0. The molecule has 1 aromatic carbocycles. The zero-order valence-electron chi connectivity index (χ0n) is 14.5. The molecule has 2 aromatic rings. The van der Waals surface area contributed by atoms with Gasteiger partial charge in [0.25, 0.3) is 0 Å². The number of aromatic nitrogens is 1. The van der Waals surface area contributed by atoms with Crippen LogP contribution in [0, 0.1) is 6.92 Å². The first-order valence-corrected chi connectivity index (χ1v) is 8.84. The normalized spacial score (nSPS) is 21.4. The molecule has 2 amide bonds. The zero-order valence-corrected chi connectivity index (χ0v) is 14.5. The lowest BCUT2D eigenvalue weighted by Gasteiger charge is -2.27. The summed E-state index contributed by atoms with van der Waals surface area (Å²) in [7, 11) is 0. The van der Waals surface area contributed by atoms with Crippen LogP contribution in [0.4, 0.5) is 4.79 Å². The molecule has 1 fully saturated rings. The third-order valence-corrected chi connectivity index (χ3v) is 4.67. The molecule has 0 aliphatic heterocycles. The summed E-state index contributed by atoms with van der Waals surface area (Å²) in [5.41, 5.74) is 2.96. The third-order valence-electron chi connectivity index (χ3n) is 4.67. The van der Waals surface area contributed by atoms with Crippen molar-refractivity contribution in [3.63, 3.8) is 0 Å². The Morgan fingerprint density at radius 1 is 1.16 bits per heavy atom. The summed E-state index contributed by atoms with van der Waals surface area (Å²) in [5, 5.41) is 15.7. The van der Waals surface area contributed by atoms with Crippen molar-refractivity contribution in [3.8, 4) is 0 Å². The second-order valence-corrected chi connectivity index (χ2v) is 6.73. The van der Waals surface area contributed by atoms with Crippen molar-refractivity contribution in [2.45, 2.75) is 50.8 Å². The Morgan fingerprint density at radius 3 is 2.64 bits per heavy atom. The second kappa shape index (κ2) is 8.12. The SMILES string of the molecule is Cc1cccc(C(NC(=O)NC2CCC(O)CC2)c2ccccn2)c1. The van der Waals surface area contributed by atoms with Gasteiger partial charge in [-0.05, 0) is 50.3 Å². The van der Waals surface area contributed by atoms with Gasteiger partial charge in [0.05, 0.1) is 17.8 Å². The van der Waals surface area contributed by atoms with E-state index in [1.165, 1.54) is 0 Å². The molecule has 25 heavy (non-hydrogen) atoms. The second-order valence-electron chi connectivity index (χ2n) is 6.73. The van der Waals surface area contributed by atoms with E-state index in [-0.39, 0.29) is 24.2 Å². The van der Waals surface area contributed by atoms with Gasteiger partial charge in [-0.15, -0.1) is 0 Å². The van der Waals surface area contributed by atoms with Crippen LogP contribution in [0.5, 0.6) is 0 Å². The average molecular weight is 339 g/mol. The Hall–Kier alpha value is -2.40. The van der Waals surface area contributed by atoms with Gasteiger partial charge in [0.1, 0.15) is 0 Å². The van der Waals surface area contributed by atoms with E-state index in [0.717, 1.165) is 42.5 Å². The Labute approximate surface area is 148 Å². The fourth-order valence-electron chi connectivity index (χ4n) is 3.30. The van der Waals surface area contributed by atoms with Gasteiger partial charge in [-0.2, -0.15) is 0 Å². The molecule has 0 spiro atoms. The Bertz CT molecular complexity index is 697. The molecular weight excluding hydrogens is 314 g/mol. The predicted molar refractivity (Wildman–Crippen MR) is 97.2 cm³/mol. The number of carbonyl (C=O) groups excluding carboxylic acids is 1. The molecule has 0 bridgehead atoms. The lowest BCUT2D eigenvalue weighted by Crippen LogP contribution is -2.45. The Balaban J connectivity index is 1.72. The fraction of sp³-hybridized carbons (Fsp3) is 0.400. The number of pyridine rings is 1. The first-order chi connectivity index (χ1) is 12.1. The van der Waals surface area contributed by atoms with Gasteiger partial charge in [0.2, 0.25) is 0 Å². The first-order valence-electron chi connectivity index (χ1n) is 8.84. The number of urea groups is 1. The van der Waals surface area contributed by atoms with Crippen LogP contribution in [0.3, 0.4) is 0 Å². The van der Waals surface area contributed by atoms with Crippen LogP contribution in [0.25, 0.3) is 0 Å². The summed E-state index contributed by atoms with van der Waals surface area (Å²) in [6, 6.07) is 13.4. The number of amides is 2. The molecule has 1 aromatic heterocycles. The molecule has 1 heterocycles. The molecule has 1 saturated carbocycles. The lowest BCUT2D eigenvalue weighted by atomic mass is 9.93. The third kappa shape index (κ3) is 4.79.